The molecule has 33 heavy (non-hydrogen) atoms. The summed E-state index contributed by atoms with van der Waals surface area (Å²) in [7, 11) is -2.83. The third-order valence-corrected chi connectivity index (χ3v) is 8.07. The van der Waals surface area contributed by atoms with Gasteiger partial charge in [0.1, 0.15) is 17.3 Å². The Kier molecular flexibility index (Phi) is 4.75. The summed E-state index contributed by atoms with van der Waals surface area (Å²) in [4.78, 5) is 27.2. The lowest BCUT2D eigenvalue weighted by molar-refractivity contribution is -0.123. The number of sulfone groups is 1. The number of hydrogen-bond donors (Lipinski definition) is 0. The van der Waals surface area contributed by atoms with Crippen molar-refractivity contribution in [2.45, 2.75) is 11.4 Å². The van der Waals surface area contributed by atoms with Crippen LogP contribution in [0.1, 0.15) is 11.1 Å². The third kappa shape index (κ3) is 2.96. The van der Waals surface area contributed by atoms with Crippen molar-refractivity contribution in [1.82, 2.24) is 0 Å². The Bertz CT molecular complexity index is 1410. The number of amides is 2. The molecule has 0 saturated carbocycles. The van der Waals surface area contributed by atoms with Gasteiger partial charge in [-0.25, -0.2) is 12.8 Å². The molecule has 0 aliphatic carbocycles. The molecule has 168 valence electrons. The maximum Gasteiger partial charge on any atom is 0.274 e. The monoisotopic (exact) mass is 466 g/mol. The Morgan fingerprint density at radius 1 is 1.00 bits per heavy atom. The van der Waals surface area contributed by atoms with E-state index in [1.54, 1.807) is 48.5 Å². The SMILES string of the molecule is COc1cccc(N2C(=O)CS(=O)(=O)[C@@]23C(=O)N(Cc2cccc(F)c2)c2ccccc23)c1. The van der Waals surface area contributed by atoms with Crippen LogP contribution >= 0.6 is 0 Å². The van der Waals surface area contributed by atoms with E-state index in [1.807, 2.05) is 0 Å². The van der Waals surface area contributed by atoms with E-state index in [2.05, 4.69) is 0 Å². The Morgan fingerprint density at radius 2 is 1.76 bits per heavy atom. The van der Waals surface area contributed by atoms with E-state index >= 15 is 0 Å². The fraction of sp³-hybridized carbons (Fsp3) is 0.167. The largest absolute Gasteiger partial charge is 0.497 e. The number of fused-ring (bicyclic) bond motifs is 2. The molecule has 0 N–H and O–H groups in total. The molecule has 0 bridgehead atoms. The third-order valence-electron chi connectivity index (χ3n) is 5.96. The van der Waals surface area contributed by atoms with E-state index < -0.39 is 38.1 Å². The number of ether oxygens (including phenoxy) is 1. The zero-order valence-corrected chi connectivity index (χ0v) is 18.4. The average molecular weight is 466 g/mol. The Balaban J connectivity index is 1.73. The van der Waals surface area contributed by atoms with Crippen LogP contribution < -0.4 is 14.5 Å². The molecule has 0 radical (unpaired) electrons. The van der Waals surface area contributed by atoms with E-state index in [4.69, 9.17) is 4.74 Å². The van der Waals surface area contributed by atoms with Crippen LogP contribution in [-0.4, -0.2) is 33.1 Å². The molecule has 2 amide bonds. The molecule has 1 saturated heterocycles. The number of carbonyl (C=O) groups is 2. The highest BCUT2D eigenvalue weighted by atomic mass is 32.2. The number of nitrogens with zero attached hydrogens (tertiary/aromatic N) is 2. The molecular weight excluding hydrogens is 447 g/mol. The van der Waals surface area contributed by atoms with Crippen LogP contribution in [0.3, 0.4) is 0 Å². The first-order chi connectivity index (χ1) is 15.8. The lowest BCUT2D eigenvalue weighted by Gasteiger charge is -2.32. The van der Waals surface area contributed by atoms with Crippen LogP contribution in [0.4, 0.5) is 15.8 Å². The smallest absolute Gasteiger partial charge is 0.274 e. The molecule has 1 spiro atoms. The van der Waals surface area contributed by atoms with Gasteiger partial charge < -0.3 is 9.64 Å². The summed E-state index contributed by atoms with van der Waals surface area (Å²) in [5.41, 5.74) is 1.28. The van der Waals surface area contributed by atoms with Crippen molar-refractivity contribution in [2.75, 3.05) is 22.7 Å². The second-order valence-electron chi connectivity index (χ2n) is 7.87. The minimum Gasteiger partial charge on any atom is -0.497 e. The molecule has 1 atom stereocenters. The van der Waals surface area contributed by atoms with Crippen molar-refractivity contribution < 1.29 is 27.1 Å². The van der Waals surface area contributed by atoms with E-state index in [0.717, 1.165) is 4.90 Å². The molecule has 2 heterocycles. The van der Waals surface area contributed by atoms with Gasteiger partial charge in [0.15, 0.2) is 9.84 Å². The van der Waals surface area contributed by atoms with Crippen LogP contribution in [0.5, 0.6) is 5.75 Å². The number of benzene rings is 3. The van der Waals surface area contributed by atoms with Gasteiger partial charge in [0.05, 0.1) is 19.3 Å². The van der Waals surface area contributed by atoms with E-state index in [1.165, 1.54) is 36.3 Å². The van der Waals surface area contributed by atoms with E-state index in [-0.39, 0.29) is 17.8 Å². The maximum absolute atomic E-state index is 14.0. The number of anilines is 2. The van der Waals surface area contributed by atoms with Gasteiger partial charge in [-0.3, -0.25) is 14.5 Å². The second kappa shape index (κ2) is 7.41. The fourth-order valence-corrected chi connectivity index (χ4v) is 6.65. The highest BCUT2D eigenvalue weighted by Gasteiger charge is 2.69. The van der Waals surface area contributed by atoms with Crippen LogP contribution in [0.15, 0.2) is 72.8 Å². The summed E-state index contributed by atoms with van der Waals surface area (Å²) in [6, 6.07) is 18.6. The minimum atomic E-state index is -4.28. The van der Waals surface area contributed by atoms with Gasteiger partial charge in [-0.05, 0) is 35.9 Å². The number of hydrogen-bond acceptors (Lipinski definition) is 5. The summed E-state index contributed by atoms with van der Waals surface area (Å²) in [6.07, 6.45) is 0. The van der Waals surface area contributed by atoms with Crippen molar-refractivity contribution in [3.8, 4) is 5.75 Å². The van der Waals surface area contributed by atoms with Crippen LogP contribution in [0, 0.1) is 5.82 Å². The summed E-state index contributed by atoms with van der Waals surface area (Å²) in [5, 5.41) is 0. The summed E-state index contributed by atoms with van der Waals surface area (Å²) in [5.74, 6) is -2.35. The van der Waals surface area contributed by atoms with E-state index in [9.17, 15) is 22.4 Å². The van der Waals surface area contributed by atoms with Crippen molar-refractivity contribution in [3.63, 3.8) is 0 Å². The zero-order chi connectivity index (χ0) is 23.4. The molecular formula is C24H19FN2O5S. The molecule has 9 heteroatoms. The fourth-order valence-electron chi connectivity index (χ4n) is 4.62. The quantitative estimate of drug-likeness (QED) is 0.590. The van der Waals surface area contributed by atoms with Crippen molar-refractivity contribution >= 4 is 33.0 Å². The number of carbonyl (C=O) groups excluding carboxylic acids is 2. The number of para-hydroxylation sites is 1. The highest BCUT2D eigenvalue weighted by Crippen LogP contribution is 2.53. The van der Waals surface area contributed by atoms with Gasteiger partial charge in [-0.1, -0.05) is 36.4 Å². The number of halogens is 1. The molecule has 3 aromatic rings. The van der Waals surface area contributed by atoms with Gasteiger partial charge >= 0.3 is 0 Å². The molecule has 0 aromatic heterocycles. The van der Waals surface area contributed by atoms with Gasteiger partial charge in [-0.2, -0.15) is 0 Å². The molecule has 5 rings (SSSR count). The van der Waals surface area contributed by atoms with Crippen molar-refractivity contribution in [3.05, 3.63) is 89.7 Å². The Hall–Kier alpha value is -3.72. The molecule has 0 unspecified atom stereocenters. The van der Waals surface area contributed by atoms with Gasteiger partial charge in [-0.15, -0.1) is 0 Å². The van der Waals surface area contributed by atoms with Crippen molar-refractivity contribution in [2.24, 2.45) is 0 Å². The first-order valence-electron chi connectivity index (χ1n) is 10.1. The lowest BCUT2D eigenvalue weighted by Crippen LogP contribution is -2.54. The molecule has 2 aliphatic heterocycles. The molecule has 1 fully saturated rings. The minimum absolute atomic E-state index is 0.0506. The summed E-state index contributed by atoms with van der Waals surface area (Å²) in [6.45, 7) is -0.0506. The normalized spacial score (nSPS) is 21.0. The van der Waals surface area contributed by atoms with Crippen LogP contribution in [-0.2, 0) is 30.8 Å². The Morgan fingerprint density at radius 3 is 2.52 bits per heavy atom. The first kappa shape index (κ1) is 21.1. The van der Waals surface area contributed by atoms with Crippen LogP contribution in [0.2, 0.25) is 0 Å². The molecule has 3 aromatic carbocycles. The zero-order valence-electron chi connectivity index (χ0n) is 17.6. The number of methoxy groups -OCH3 is 1. The van der Waals surface area contributed by atoms with Gasteiger partial charge in [0.25, 0.3) is 10.8 Å². The Labute approximate surface area is 189 Å². The lowest BCUT2D eigenvalue weighted by atomic mass is 10.0. The average Bonchev–Trinajstić information content (AvgIpc) is 3.16. The topological polar surface area (TPSA) is 84.0 Å². The van der Waals surface area contributed by atoms with E-state index in [0.29, 0.717) is 17.0 Å². The first-order valence-corrected chi connectivity index (χ1v) is 11.8. The standard InChI is InChI=1S/C24H19FN2O5S/c1-32-19-9-5-8-18(13-19)27-22(28)15-33(30,31)24(27)20-10-2-3-11-21(20)26(23(24)29)14-16-6-4-7-17(25)12-16/h2-13H,14-15H2,1H3/t24-/m0/s1. The summed E-state index contributed by atoms with van der Waals surface area (Å²) >= 11 is 0. The number of rotatable bonds is 4. The maximum atomic E-state index is 14.0. The van der Waals surface area contributed by atoms with Crippen molar-refractivity contribution in [1.29, 1.82) is 0 Å². The molecule has 2 aliphatic rings. The second-order valence-corrected chi connectivity index (χ2v) is 9.98. The highest BCUT2D eigenvalue weighted by molar-refractivity contribution is 7.94. The molecule has 7 nitrogen and oxygen atoms in total. The predicted octanol–water partition coefficient (Wildman–Crippen LogP) is 3.00. The van der Waals surface area contributed by atoms with Gasteiger partial charge in [0.2, 0.25) is 5.91 Å². The van der Waals surface area contributed by atoms with Gasteiger partial charge in [0, 0.05) is 17.3 Å². The summed E-state index contributed by atoms with van der Waals surface area (Å²) < 4.78 is 46.2. The van der Waals surface area contributed by atoms with Crippen LogP contribution in [0.25, 0.3) is 0 Å². The predicted molar refractivity (Wildman–Crippen MR) is 120 cm³/mol.